The average Bonchev–Trinajstić information content (AvgIpc) is 2.50. The normalized spacial score (nSPS) is 10.4. The molecule has 0 spiro atoms. The monoisotopic (exact) mass is 165 g/mol. The molecule has 1 N–H and O–H groups in total. The molecule has 0 aliphatic heterocycles. The Hall–Kier alpha value is -1.72. The Balaban J connectivity index is 2.55. The SMILES string of the molecule is CCOc1[nH]nc2nncnc12. The molecule has 2 aromatic heterocycles. The first kappa shape index (κ1) is 6.96. The molecule has 0 saturated carbocycles. The minimum Gasteiger partial charge on any atom is -0.477 e. The molecule has 0 radical (unpaired) electrons. The van der Waals surface area contributed by atoms with Crippen molar-refractivity contribution < 1.29 is 4.74 Å². The van der Waals surface area contributed by atoms with E-state index >= 15 is 0 Å². The summed E-state index contributed by atoms with van der Waals surface area (Å²) >= 11 is 0. The Morgan fingerprint density at radius 1 is 1.58 bits per heavy atom. The molecule has 0 aliphatic rings. The van der Waals surface area contributed by atoms with E-state index < -0.39 is 0 Å². The zero-order chi connectivity index (χ0) is 8.39. The van der Waals surface area contributed by atoms with Gasteiger partial charge in [0.1, 0.15) is 6.33 Å². The van der Waals surface area contributed by atoms with Gasteiger partial charge in [-0.15, -0.1) is 15.3 Å². The van der Waals surface area contributed by atoms with E-state index in [4.69, 9.17) is 4.74 Å². The van der Waals surface area contributed by atoms with Gasteiger partial charge in [-0.25, -0.2) is 10.1 Å². The minimum absolute atomic E-state index is 0.473. The molecule has 0 amide bonds. The number of H-pyrrole nitrogens is 1. The van der Waals surface area contributed by atoms with Gasteiger partial charge in [0.2, 0.25) is 11.5 Å². The lowest BCUT2D eigenvalue weighted by molar-refractivity contribution is 0.329. The highest BCUT2D eigenvalue weighted by atomic mass is 16.5. The summed E-state index contributed by atoms with van der Waals surface area (Å²) in [5.41, 5.74) is 1.09. The van der Waals surface area contributed by atoms with E-state index in [9.17, 15) is 0 Å². The topological polar surface area (TPSA) is 76.6 Å². The Bertz CT molecular complexity index is 384. The molecular weight excluding hydrogens is 158 g/mol. The van der Waals surface area contributed by atoms with E-state index in [1.165, 1.54) is 6.33 Å². The summed E-state index contributed by atoms with van der Waals surface area (Å²) in [7, 11) is 0. The highest BCUT2D eigenvalue weighted by Gasteiger charge is 2.06. The molecule has 12 heavy (non-hydrogen) atoms. The summed E-state index contributed by atoms with van der Waals surface area (Å²) in [6.45, 7) is 2.46. The molecule has 0 unspecified atom stereocenters. The molecule has 0 saturated heterocycles. The second-order valence-electron chi connectivity index (χ2n) is 2.12. The Kier molecular flexibility index (Phi) is 1.58. The first-order chi connectivity index (χ1) is 5.92. The van der Waals surface area contributed by atoms with Crippen molar-refractivity contribution >= 4 is 11.2 Å². The Morgan fingerprint density at radius 3 is 3.33 bits per heavy atom. The molecule has 62 valence electrons. The molecule has 2 heterocycles. The van der Waals surface area contributed by atoms with Crippen LogP contribution in [0.4, 0.5) is 0 Å². The summed E-state index contributed by atoms with van der Waals surface area (Å²) < 4.78 is 5.21. The van der Waals surface area contributed by atoms with E-state index in [2.05, 4.69) is 25.4 Å². The summed E-state index contributed by atoms with van der Waals surface area (Å²) in [6, 6.07) is 0. The molecule has 2 rings (SSSR count). The van der Waals surface area contributed by atoms with Gasteiger partial charge < -0.3 is 4.74 Å². The maximum atomic E-state index is 5.21. The number of aromatic nitrogens is 5. The molecule has 2 aromatic rings. The van der Waals surface area contributed by atoms with Crippen LogP contribution >= 0.6 is 0 Å². The minimum atomic E-state index is 0.473. The van der Waals surface area contributed by atoms with Crippen molar-refractivity contribution in [3.05, 3.63) is 6.33 Å². The molecule has 0 aliphatic carbocycles. The van der Waals surface area contributed by atoms with Gasteiger partial charge in [-0.3, -0.25) is 0 Å². The lowest BCUT2D eigenvalue weighted by atomic mass is 10.5. The predicted molar refractivity (Wildman–Crippen MR) is 40.6 cm³/mol. The van der Waals surface area contributed by atoms with Crippen molar-refractivity contribution in [1.82, 2.24) is 25.4 Å². The molecular formula is C6H7N5O. The zero-order valence-corrected chi connectivity index (χ0v) is 6.48. The highest BCUT2D eigenvalue weighted by molar-refractivity contribution is 5.74. The van der Waals surface area contributed by atoms with Crippen molar-refractivity contribution in [2.75, 3.05) is 6.61 Å². The summed E-state index contributed by atoms with van der Waals surface area (Å²) in [5.74, 6) is 0.544. The number of nitrogens with one attached hydrogen (secondary N) is 1. The van der Waals surface area contributed by atoms with Crippen LogP contribution in [-0.4, -0.2) is 32.0 Å². The van der Waals surface area contributed by atoms with E-state index in [0.29, 0.717) is 23.7 Å². The predicted octanol–water partition coefficient (Wildman–Crippen LogP) is 0.147. The van der Waals surface area contributed by atoms with Crippen LogP contribution in [0, 0.1) is 0 Å². The van der Waals surface area contributed by atoms with Crippen molar-refractivity contribution in [3.63, 3.8) is 0 Å². The van der Waals surface area contributed by atoms with Gasteiger partial charge in [0.05, 0.1) is 6.61 Å². The first-order valence-corrected chi connectivity index (χ1v) is 3.56. The highest BCUT2D eigenvalue weighted by Crippen LogP contribution is 2.16. The quantitative estimate of drug-likeness (QED) is 0.685. The largest absolute Gasteiger partial charge is 0.477 e. The molecule has 0 atom stereocenters. The lowest BCUT2D eigenvalue weighted by Crippen LogP contribution is -1.92. The number of rotatable bonds is 2. The smallest absolute Gasteiger partial charge is 0.238 e. The maximum Gasteiger partial charge on any atom is 0.238 e. The maximum absolute atomic E-state index is 5.21. The van der Waals surface area contributed by atoms with Gasteiger partial charge in [0.15, 0.2) is 5.52 Å². The summed E-state index contributed by atoms with van der Waals surface area (Å²) in [5, 5.41) is 13.9. The van der Waals surface area contributed by atoms with Crippen LogP contribution < -0.4 is 4.74 Å². The standard InChI is InChI=1S/C6H7N5O/c1-2-12-6-4-5(10-11-6)9-8-3-7-4/h3H,2H2,1H3,(H,9,10,11). The van der Waals surface area contributed by atoms with Gasteiger partial charge in [0, 0.05) is 0 Å². The number of aromatic amines is 1. The van der Waals surface area contributed by atoms with Crippen molar-refractivity contribution in [2.24, 2.45) is 0 Å². The molecule has 6 heteroatoms. The number of nitrogens with zero attached hydrogens (tertiary/aromatic N) is 4. The number of hydrogen-bond acceptors (Lipinski definition) is 5. The van der Waals surface area contributed by atoms with E-state index in [1.807, 2.05) is 6.92 Å². The third kappa shape index (κ3) is 0.969. The van der Waals surface area contributed by atoms with Gasteiger partial charge in [0.25, 0.3) is 0 Å². The first-order valence-electron chi connectivity index (χ1n) is 3.56. The number of ether oxygens (including phenoxy) is 1. The second kappa shape index (κ2) is 2.72. The van der Waals surface area contributed by atoms with Gasteiger partial charge in [-0.1, -0.05) is 0 Å². The van der Waals surface area contributed by atoms with Gasteiger partial charge >= 0.3 is 0 Å². The van der Waals surface area contributed by atoms with Crippen LogP contribution in [0.2, 0.25) is 0 Å². The lowest BCUT2D eigenvalue weighted by Gasteiger charge is -1.95. The molecule has 0 fully saturated rings. The fourth-order valence-electron chi connectivity index (χ4n) is 0.906. The van der Waals surface area contributed by atoms with Crippen LogP contribution in [0.15, 0.2) is 6.33 Å². The summed E-state index contributed by atoms with van der Waals surface area (Å²) in [4.78, 5) is 3.97. The van der Waals surface area contributed by atoms with E-state index in [1.54, 1.807) is 0 Å². The molecule has 0 aromatic carbocycles. The molecule has 0 bridgehead atoms. The van der Waals surface area contributed by atoms with Crippen LogP contribution in [0.3, 0.4) is 0 Å². The van der Waals surface area contributed by atoms with E-state index in [-0.39, 0.29) is 0 Å². The fourth-order valence-corrected chi connectivity index (χ4v) is 0.906. The van der Waals surface area contributed by atoms with Gasteiger partial charge in [-0.05, 0) is 6.92 Å². The van der Waals surface area contributed by atoms with Crippen LogP contribution in [0.5, 0.6) is 5.88 Å². The van der Waals surface area contributed by atoms with Crippen LogP contribution in [-0.2, 0) is 0 Å². The van der Waals surface area contributed by atoms with Crippen LogP contribution in [0.1, 0.15) is 6.92 Å². The fraction of sp³-hybridized carbons (Fsp3) is 0.333. The van der Waals surface area contributed by atoms with Gasteiger partial charge in [-0.2, -0.15) is 0 Å². The third-order valence-electron chi connectivity index (χ3n) is 1.37. The zero-order valence-electron chi connectivity index (χ0n) is 6.48. The Labute approximate surface area is 68.0 Å². The number of hydrogen-bond donors (Lipinski definition) is 1. The Morgan fingerprint density at radius 2 is 2.50 bits per heavy atom. The average molecular weight is 165 g/mol. The molecule has 6 nitrogen and oxygen atoms in total. The summed E-state index contributed by atoms with van der Waals surface area (Å²) in [6.07, 6.45) is 1.36. The van der Waals surface area contributed by atoms with Crippen LogP contribution in [0.25, 0.3) is 11.2 Å². The van der Waals surface area contributed by atoms with Crippen molar-refractivity contribution in [2.45, 2.75) is 6.92 Å². The van der Waals surface area contributed by atoms with Crippen molar-refractivity contribution in [3.8, 4) is 5.88 Å². The third-order valence-corrected chi connectivity index (χ3v) is 1.37. The van der Waals surface area contributed by atoms with Crippen molar-refractivity contribution in [1.29, 1.82) is 0 Å². The second-order valence-corrected chi connectivity index (χ2v) is 2.12. The van der Waals surface area contributed by atoms with E-state index in [0.717, 1.165) is 0 Å². The number of fused-ring (bicyclic) bond motifs is 1.